The summed E-state index contributed by atoms with van der Waals surface area (Å²) in [5, 5.41) is 40.8. The number of nitrogens with two attached hydrogens (primary N) is 7. The van der Waals surface area contributed by atoms with Gasteiger partial charge in [-0.15, -0.1) is 0 Å². The number of alkyl halides is 3. The minimum absolute atomic E-state index is 0.139. The molecule has 0 aliphatic rings. The molecular weight excluding hydrogens is 1510 g/mol. The van der Waals surface area contributed by atoms with Gasteiger partial charge in [0.2, 0.25) is 0 Å². The summed E-state index contributed by atoms with van der Waals surface area (Å²) in [5.41, 5.74) is 54.5. The van der Waals surface area contributed by atoms with Crippen LogP contribution in [0.5, 0.6) is 23.0 Å². The van der Waals surface area contributed by atoms with Crippen molar-refractivity contribution in [2.24, 2.45) is 0 Å². The van der Waals surface area contributed by atoms with Gasteiger partial charge < -0.3 is 74.2 Å². The number of methoxy groups -OCH3 is 2. The number of carbonyl (C=O) groups is 1. The molecule has 0 aliphatic heterocycles. The zero-order valence-electron chi connectivity index (χ0n) is 67.7. The molecule has 614 valence electrons. The van der Waals surface area contributed by atoms with E-state index in [0.29, 0.717) is 27.6 Å². The first-order chi connectivity index (χ1) is 53.9. The number of nitrogens with zero attached hydrogens (tertiary/aromatic N) is 3. The molecule has 0 fully saturated rings. The molecule has 12 aromatic rings. The Labute approximate surface area is 682 Å². The zero-order valence-corrected chi connectivity index (χ0v) is 69.2. The number of hydrogen-bond donors (Lipinski definition) is 11. The lowest BCUT2D eigenvalue weighted by atomic mass is 10.1. The highest BCUT2D eigenvalue weighted by atomic mass is 35.5. The highest BCUT2D eigenvalue weighted by molar-refractivity contribution is 6.33. The molecule has 0 unspecified atom stereocenters. The number of imidazole rings is 1. The maximum Gasteiger partial charge on any atom is 0.418 e. The largest absolute Gasteiger partial charge is 0.506 e. The van der Waals surface area contributed by atoms with E-state index in [1.807, 2.05) is 189 Å². The fourth-order valence-corrected chi connectivity index (χ4v) is 9.23. The average Bonchev–Trinajstić information content (AvgIpc) is 1.39. The van der Waals surface area contributed by atoms with E-state index in [2.05, 4.69) is 41.5 Å². The molecule has 0 saturated heterocycles. The van der Waals surface area contributed by atoms with E-state index < -0.39 is 28.4 Å². The summed E-state index contributed by atoms with van der Waals surface area (Å²) in [6, 6.07) is 63.7. The van der Waals surface area contributed by atoms with Crippen LogP contribution in [0.4, 0.5) is 73.5 Å². The summed E-state index contributed by atoms with van der Waals surface area (Å²) in [7, 11) is 3.26. The molecule has 26 heteroatoms. The fraction of sp³-hybridized carbons (Fsp3) is 0.213. The second-order valence-corrected chi connectivity index (χ2v) is 27.5. The van der Waals surface area contributed by atoms with Crippen molar-refractivity contribution in [1.82, 2.24) is 9.55 Å². The van der Waals surface area contributed by atoms with Crippen LogP contribution in [0.2, 0.25) is 10.0 Å². The molecule has 0 atom stereocenters. The number of amides is 1. The number of nitrogen functional groups attached to an aromatic ring is 7. The number of aryl methyl sites for hydroxylation is 11. The normalized spacial score (nSPS) is 9.97. The Kier molecular flexibility index (Phi) is 42.5. The molecule has 0 spiro atoms. The fourth-order valence-electron chi connectivity index (χ4n) is 8.78. The van der Waals surface area contributed by atoms with Crippen molar-refractivity contribution in [3.63, 3.8) is 0 Å². The number of nitro groups is 1. The van der Waals surface area contributed by atoms with E-state index >= 15 is 0 Å². The van der Waals surface area contributed by atoms with Crippen LogP contribution >= 0.6 is 23.2 Å². The van der Waals surface area contributed by atoms with Gasteiger partial charge in [-0.2, -0.15) is 13.2 Å². The number of aliphatic hydroxyl groups is 1. The molecule has 12 rings (SSSR count). The van der Waals surface area contributed by atoms with Gasteiger partial charge in [0.25, 0.3) is 0 Å². The predicted octanol–water partition coefficient (Wildman–Crippen LogP) is 21.8. The molecule has 115 heavy (non-hydrogen) atoms. The molecule has 20 nitrogen and oxygen atoms in total. The maximum atomic E-state index is 12.3. The number of phenols is 2. The first-order valence-electron chi connectivity index (χ1n) is 35.4. The first kappa shape index (κ1) is 98.4. The molecule has 0 aliphatic carbocycles. The Morgan fingerprint density at radius 2 is 0.991 bits per heavy atom. The third-order valence-corrected chi connectivity index (χ3v) is 16.4. The average molecular weight is 1620 g/mol. The summed E-state index contributed by atoms with van der Waals surface area (Å²) in [5.74, 6) is 1.24. The monoisotopic (exact) mass is 1620 g/mol. The number of halogens is 6. The standard InChI is InChI=1S/C12H17NO2.C10H10N2.C8H8F3N.2C8H11NO.C8H10O.2C7H8ClN.C7H8FN.C7H7NO3.C7H9NO/c1-9-5-7-10(8-6-9)13-11(14)15-12(2,3)4;1-9-2-4-10(5-3-9)12-7-6-11-8-12;1-5-3-2-4-6(7(5)12)8(9,10)11;1-6-5-7(10-2)3-4-8(6)9;1-6-4-3-5-7(10-2)8(6)9;1-7-2-4-8(6-9)5-3-7;1-5-4-6(8)2-3-7(5)9;1-5-3-2-4-6(8)7(5)9;1-5-4-6(8)2-3-7(5)9;1-5-2-3-7(9)6(4-5)8(10)11;1-5-3-2-4-6(9)7(5)8/h5-8H,1-4H3,(H,13,14);2-8H,1H3;2-4H,12H2,1H3;2*3-5H,9H2,1-2H3;2-5,9H,6H2,1H3;3*2-4H,9H2,1H3;2-4,9H,1H3;2-4,9H,8H2,1H3. The number of aliphatic hydroxyl groups excluding tert-OH is 1. The number of rotatable bonds is 6. The van der Waals surface area contributed by atoms with Crippen LogP contribution in [0, 0.1) is 92.1 Å². The van der Waals surface area contributed by atoms with Crippen LogP contribution in [-0.4, -0.2) is 55.7 Å². The molecule has 1 heterocycles. The number of anilines is 8. The van der Waals surface area contributed by atoms with Gasteiger partial charge in [0.1, 0.15) is 28.7 Å². The van der Waals surface area contributed by atoms with Crippen molar-refractivity contribution in [3.05, 3.63) is 335 Å². The Balaban J connectivity index is 0.000000431. The molecule has 0 bridgehead atoms. The van der Waals surface area contributed by atoms with Gasteiger partial charge >= 0.3 is 18.0 Å². The Morgan fingerprint density at radius 1 is 0.522 bits per heavy atom. The molecular formula is C89H107Cl2F4N11O9. The van der Waals surface area contributed by atoms with E-state index in [4.69, 9.17) is 92.9 Å². The molecule has 11 aromatic carbocycles. The van der Waals surface area contributed by atoms with Crippen LogP contribution in [0.15, 0.2) is 237 Å². The number of benzene rings is 11. The maximum absolute atomic E-state index is 12.3. The molecule has 1 aromatic heterocycles. The van der Waals surface area contributed by atoms with Crippen molar-refractivity contribution < 1.29 is 56.8 Å². The number of carbonyl (C=O) groups excluding carboxylic acids is 1. The number of phenolic OH excluding ortho intramolecular Hbond substituents is 2. The third kappa shape index (κ3) is 38.4. The summed E-state index contributed by atoms with van der Waals surface area (Å²) in [6.45, 7) is 26.4. The number of para-hydroxylation sites is 4. The van der Waals surface area contributed by atoms with Crippen LogP contribution in [-0.2, 0) is 17.5 Å². The van der Waals surface area contributed by atoms with Gasteiger partial charge in [-0.3, -0.25) is 15.4 Å². The highest BCUT2D eigenvalue weighted by Crippen LogP contribution is 2.35. The highest BCUT2D eigenvalue weighted by Gasteiger charge is 2.33. The smallest absolute Gasteiger partial charge is 0.418 e. The first-order valence-corrected chi connectivity index (χ1v) is 36.2. The summed E-state index contributed by atoms with van der Waals surface area (Å²) >= 11 is 11.4. The van der Waals surface area contributed by atoms with E-state index in [0.717, 1.165) is 101 Å². The number of hydrogen-bond acceptors (Lipinski definition) is 17. The lowest BCUT2D eigenvalue weighted by Gasteiger charge is -2.19. The van der Waals surface area contributed by atoms with Crippen LogP contribution in [0.3, 0.4) is 0 Å². The summed E-state index contributed by atoms with van der Waals surface area (Å²) in [4.78, 5) is 25.0. The van der Waals surface area contributed by atoms with E-state index in [1.54, 1.807) is 96.0 Å². The van der Waals surface area contributed by atoms with Crippen LogP contribution in [0.25, 0.3) is 5.69 Å². The summed E-state index contributed by atoms with van der Waals surface area (Å²) < 4.78 is 65.8. The lowest BCUT2D eigenvalue weighted by molar-refractivity contribution is -0.385. The number of aromatic nitrogens is 2. The van der Waals surface area contributed by atoms with Gasteiger partial charge in [-0.1, -0.05) is 143 Å². The number of nitro benzene ring substituents is 1. The molecule has 0 radical (unpaired) electrons. The zero-order chi connectivity index (χ0) is 86.9. The minimum Gasteiger partial charge on any atom is -0.506 e. The topological polar surface area (TPSA) is 361 Å². The van der Waals surface area contributed by atoms with Crippen LogP contribution in [0.1, 0.15) is 93.1 Å². The molecule has 1 amide bonds. The van der Waals surface area contributed by atoms with Crippen molar-refractivity contribution >= 4 is 80.5 Å². The van der Waals surface area contributed by atoms with Gasteiger partial charge in [0.05, 0.1) is 59.7 Å². The van der Waals surface area contributed by atoms with Gasteiger partial charge in [0, 0.05) is 57.6 Å². The third-order valence-electron chi connectivity index (χ3n) is 15.8. The Morgan fingerprint density at radius 3 is 1.40 bits per heavy atom. The van der Waals surface area contributed by atoms with E-state index in [1.165, 1.54) is 41.5 Å². The van der Waals surface area contributed by atoms with Crippen molar-refractivity contribution in [1.29, 1.82) is 0 Å². The van der Waals surface area contributed by atoms with E-state index in [-0.39, 0.29) is 35.3 Å². The van der Waals surface area contributed by atoms with Gasteiger partial charge in [-0.25, -0.2) is 14.2 Å². The SMILES string of the molecule is COc1ccc(N)c(C)c1.COc1cccc(C)c1N.Cc1cc(Cl)ccc1N.Cc1cc(F)ccc1N.Cc1ccc(-n2ccnc2)cc1.Cc1ccc(CO)cc1.Cc1ccc(NC(=O)OC(C)(C)C)cc1.Cc1ccc(O)c([N+](=O)[O-])c1.Cc1cccc(C(F)(F)F)c1N.Cc1cccc(Cl)c1N.Cc1cccc(O)c1N. The second-order valence-electron chi connectivity index (χ2n) is 26.6. The molecule has 0 saturated carbocycles. The summed E-state index contributed by atoms with van der Waals surface area (Å²) in [6.07, 6.45) is 0.733. The lowest BCUT2D eigenvalue weighted by Crippen LogP contribution is -2.27. The number of nitrogens with one attached hydrogen (secondary N) is 1. The van der Waals surface area contributed by atoms with Crippen molar-refractivity contribution in [3.8, 4) is 28.7 Å². The number of aromatic hydroxyl groups is 2. The number of ether oxygens (including phenoxy) is 3. The molecule has 18 N–H and O–H groups in total. The predicted molar refractivity (Wildman–Crippen MR) is 465 cm³/mol. The van der Waals surface area contributed by atoms with Crippen molar-refractivity contribution in [2.75, 3.05) is 59.7 Å². The van der Waals surface area contributed by atoms with Crippen LogP contribution < -0.4 is 54.9 Å². The Bertz CT molecular complexity index is 4800. The van der Waals surface area contributed by atoms with Gasteiger partial charge in [-0.05, 0) is 256 Å². The second kappa shape index (κ2) is 49.7. The minimum atomic E-state index is -4.35. The Hall–Kier alpha value is -12.6. The quantitative estimate of drug-likeness (QED) is 0.0242. The van der Waals surface area contributed by atoms with Crippen molar-refractivity contribution in [2.45, 2.75) is 115 Å². The van der Waals surface area contributed by atoms with E-state index in [9.17, 15) is 32.5 Å². The van der Waals surface area contributed by atoms with Gasteiger partial charge in [0.15, 0.2) is 5.75 Å².